The summed E-state index contributed by atoms with van der Waals surface area (Å²) in [4.78, 5) is 27.6. The number of hydrogen-bond donors (Lipinski definition) is 3. The van der Waals surface area contributed by atoms with Gasteiger partial charge in [-0.15, -0.1) is 0 Å². The summed E-state index contributed by atoms with van der Waals surface area (Å²) in [6.07, 6.45) is 2.64. The minimum Gasteiger partial charge on any atom is -0.378 e. The minimum atomic E-state index is -3.50. The van der Waals surface area contributed by atoms with Crippen LogP contribution in [0.25, 0.3) is 0 Å². The molecule has 2 saturated carbocycles. The van der Waals surface area contributed by atoms with Crippen molar-refractivity contribution in [1.29, 1.82) is 0 Å². The number of halogens is 1. The molecule has 4 N–H and O–H groups in total. The number of benzene rings is 1. The fraction of sp³-hybridized carbons (Fsp3) is 0.542. The molecule has 10 nitrogen and oxygen atoms in total. The van der Waals surface area contributed by atoms with Gasteiger partial charge in [0.15, 0.2) is 15.5 Å². The number of aromatic amines is 1. The number of nitrogens with two attached hydrogens (primary N) is 1. The Labute approximate surface area is 214 Å². The van der Waals surface area contributed by atoms with Gasteiger partial charge in [0.1, 0.15) is 5.69 Å². The van der Waals surface area contributed by atoms with E-state index in [9.17, 15) is 18.0 Å². The Morgan fingerprint density at radius 1 is 1.19 bits per heavy atom. The molecule has 12 heteroatoms. The van der Waals surface area contributed by atoms with Gasteiger partial charge in [0, 0.05) is 36.8 Å². The van der Waals surface area contributed by atoms with Crippen LogP contribution in [0.2, 0.25) is 5.02 Å². The lowest BCUT2D eigenvalue weighted by Crippen LogP contribution is -2.49. The third kappa shape index (κ3) is 4.42. The van der Waals surface area contributed by atoms with E-state index >= 15 is 0 Å². The molecule has 36 heavy (non-hydrogen) atoms. The lowest BCUT2D eigenvalue weighted by molar-refractivity contribution is 0.0729. The molecule has 0 saturated heterocycles. The normalized spacial score (nSPS) is 19.6. The van der Waals surface area contributed by atoms with Crippen LogP contribution in [0.15, 0.2) is 24.3 Å². The number of carbonyl (C=O) groups is 2. The fourth-order valence-corrected chi connectivity index (χ4v) is 7.82. The van der Waals surface area contributed by atoms with Crippen molar-refractivity contribution >= 4 is 33.3 Å². The topological polar surface area (TPSA) is 147 Å². The van der Waals surface area contributed by atoms with Gasteiger partial charge < -0.3 is 20.7 Å². The first kappa shape index (κ1) is 25.2. The summed E-state index contributed by atoms with van der Waals surface area (Å²) in [6, 6.07) is 7.14. The van der Waals surface area contributed by atoms with Gasteiger partial charge in [-0.2, -0.15) is 5.10 Å². The van der Waals surface area contributed by atoms with Crippen molar-refractivity contribution in [3.05, 3.63) is 51.8 Å². The van der Waals surface area contributed by atoms with Crippen LogP contribution in [-0.2, 0) is 27.5 Å². The largest absolute Gasteiger partial charge is 0.378 e. The Hall–Kier alpha value is -2.47. The highest BCUT2D eigenvalue weighted by atomic mass is 35.5. The molecule has 3 aliphatic rings. The number of sulfone groups is 1. The lowest BCUT2D eigenvalue weighted by atomic mass is 10.0. The van der Waals surface area contributed by atoms with Gasteiger partial charge in [0.25, 0.3) is 11.8 Å². The monoisotopic (exact) mass is 535 g/mol. The second kappa shape index (κ2) is 9.44. The van der Waals surface area contributed by atoms with Crippen LogP contribution >= 0.6 is 11.6 Å². The van der Waals surface area contributed by atoms with Gasteiger partial charge in [-0.1, -0.05) is 23.7 Å². The minimum absolute atomic E-state index is 0.142. The number of nitrogens with zero attached hydrogens (tertiary/aromatic N) is 2. The molecular formula is C24H30ClN5O5S. The number of nitrogens with one attached hydrogen (secondary N) is 2. The zero-order valence-electron chi connectivity index (χ0n) is 19.9. The predicted octanol–water partition coefficient (Wildman–Crippen LogP) is 1.45. The standard InChI is InChI=1S/C24H30ClN5O5S/c25-17-3-1-16(2-4-17)13-27-21(31)19-18-5-11-30(22(32)20(18)29-28-19)14-23(6-7-23)36(33,34)24(8-9-24)15-35-12-10-26/h1-4H,5-15,26H2,(H,27,31)(H,28,29). The van der Waals surface area contributed by atoms with Gasteiger partial charge in [0.2, 0.25) is 0 Å². The number of amides is 2. The zero-order valence-corrected chi connectivity index (χ0v) is 21.5. The van der Waals surface area contributed by atoms with Crippen molar-refractivity contribution in [1.82, 2.24) is 20.4 Å². The average Bonchev–Trinajstić information content (AvgIpc) is 3.78. The van der Waals surface area contributed by atoms with E-state index in [1.165, 1.54) is 0 Å². The van der Waals surface area contributed by atoms with E-state index in [1.807, 2.05) is 12.1 Å². The van der Waals surface area contributed by atoms with Crippen molar-refractivity contribution in [3.63, 3.8) is 0 Å². The Bertz CT molecular complexity index is 1270. The van der Waals surface area contributed by atoms with E-state index < -0.39 is 19.3 Å². The number of ether oxygens (including phenoxy) is 1. The fourth-order valence-electron chi connectivity index (χ4n) is 4.93. The number of H-pyrrole nitrogens is 1. The van der Waals surface area contributed by atoms with Crippen LogP contribution in [0.1, 0.15) is 57.8 Å². The number of fused-ring (bicyclic) bond motifs is 1. The van der Waals surface area contributed by atoms with Crippen molar-refractivity contribution in [2.24, 2.45) is 5.73 Å². The van der Waals surface area contributed by atoms with Crippen LogP contribution in [0.3, 0.4) is 0 Å². The number of hydrogen-bond acceptors (Lipinski definition) is 7. The zero-order chi connectivity index (χ0) is 25.6. The number of rotatable bonds is 11. The second-order valence-electron chi connectivity index (χ2n) is 9.92. The van der Waals surface area contributed by atoms with E-state index in [1.54, 1.807) is 17.0 Å². The molecule has 0 bridgehead atoms. The molecule has 0 spiro atoms. The molecule has 0 atom stereocenters. The molecule has 0 unspecified atom stereocenters. The van der Waals surface area contributed by atoms with Gasteiger partial charge in [-0.25, -0.2) is 8.42 Å². The third-order valence-corrected chi connectivity index (χ3v) is 11.0. The Kier molecular flexibility index (Phi) is 6.61. The van der Waals surface area contributed by atoms with Gasteiger partial charge in [0.05, 0.1) is 22.7 Å². The molecular weight excluding hydrogens is 506 g/mol. The number of aromatic nitrogens is 2. The molecule has 1 aromatic heterocycles. The second-order valence-corrected chi connectivity index (χ2v) is 13.1. The van der Waals surface area contributed by atoms with Crippen molar-refractivity contribution < 1.29 is 22.7 Å². The Balaban J connectivity index is 1.25. The molecule has 2 fully saturated rings. The van der Waals surface area contributed by atoms with Crippen molar-refractivity contribution in [2.75, 3.05) is 32.8 Å². The van der Waals surface area contributed by atoms with Crippen LogP contribution < -0.4 is 11.1 Å². The summed E-state index contributed by atoms with van der Waals surface area (Å²) in [5.74, 6) is -0.704. The molecule has 194 valence electrons. The maximum absolute atomic E-state index is 13.6. The molecule has 5 rings (SSSR count). The quantitative estimate of drug-likeness (QED) is 0.369. The predicted molar refractivity (Wildman–Crippen MR) is 134 cm³/mol. The summed E-state index contributed by atoms with van der Waals surface area (Å²) in [5.41, 5.74) is 7.36. The van der Waals surface area contributed by atoms with E-state index in [-0.39, 0.29) is 36.4 Å². The maximum Gasteiger partial charge on any atom is 0.272 e. The van der Waals surface area contributed by atoms with Gasteiger partial charge in [-0.05, 0) is 49.8 Å². The highest BCUT2D eigenvalue weighted by Gasteiger charge is 2.67. The van der Waals surface area contributed by atoms with Gasteiger partial charge >= 0.3 is 0 Å². The highest BCUT2D eigenvalue weighted by molar-refractivity contribution is 7.94. The Morgan fingerprint density at radius 2 is 1.89 bits per heavy atom. The summed E-state index contributed by atoms with van der Waals surface area (Å²) in [5, 5.41) is 10.3. The summed E-state index contributed by atoms with van der Waals surface area (Å²) >= 11 is 5.90. The first-order valence-electron chi connectivity index (χ1n) is 12.1. The van der Waals surface area contributed by atoms with Crippen LogP contribution in [0.4, 0.5) is 0 Å². The summed E-state index contributed by atoms with van der Waals surface area (Å²) in [7, 11) is -3.50. The molecule has 2 heterocycles. The van der Waals surface area contributed by atoms with E-state index in [0.29, 0.717) is 68.9 Å². The maximum atomic E-state index is 13.6. The molecule has 2 amide bonds. The molecule has 2 aliphatic carbocycles. The van der Waals surface area contributed by atoms with E-state index in [2.05, 4.69) is 15.5 Å². The number of carbonyl (C=O) groups excluding carboxylic acids is 2. The van der Waals surface area contributed by atoms with E-state index in [4.69, 9.17) is 22.1 Å². The Morgan fingerprint density at radius 3 is 2.53 bits per heavy atom. The first-order valence-corrected chi connectivity index (χ1v) is 14.0. The van der Waals surface area contributed by atoms with E-state index in [0.717, 1.165) is 5.56 Å². The van der Waals surface area contributed by atoms with Crippen LogP contribution in [0.5, 0.6) is 0 Å². The molecule has 1 aromatic carbocycles. The third-order valence-electron chi connectivity index (χ3n) is 7.44. The lowest BCUT2D eigenvalue weighted by Gasteiger charge is -2.32. The van der Waals surface area contributed by atoms with Crippen molar-refractivity contribution in [3.8, 4) is 0 Å². The highest BCUT2D eigenvalue weighted by Crippen LogP contribution is 2.57. The molecule has 1 aliphatic heterocycles. The summed E-state index contributed by atoms with van der Waals surface area (Å²) < 4.78 is 30.9. The van der Waals surface area contributed by atoms with Crippen LogP contribution in [-0.4, -0.2) is 77.7 Å². The van der Waals surface area contributed by atoms with Gasteiger partial charge in [-0.3, -0.25) is 14.7 Å². The van der Waals surface area contributed by atoms with Crippen molar-refractivity contribution in [2.45, 2.75) is 48.1 Å². The first-order chi connectivity index (χ1) is 17.2. The average molecular weight is 536 g/mol. The smallest absolute Gasteiger partial charge is 0.272 e. The summed E-state index contributed by atoms with van der Waals surface area (Å²) in [6.45, 7) is 1.60. The van der Waals surface area contributed by atoms with Crippen LogP contribution in [0, 0.1) is 0 Å². The SMILES string of the molecule is NCCOCC1(S(=O)(=O)C2(CN3CCc4c(C(=O)NCc5ccc(Cl)cc5)n[nH]c4C3=O)CC2)CC1. The molecule has 0 radical (unpaired) electrons. The molecule has 2 aromatic rings.